The number of H-pyrrole nitrogens is 1. The third-order valence-corrected chi connectivity index (χ3v) is 3.10. The first-order valence-corrected chi connectivity index (χ1v) is 5.48. The largest absolute Gasteiger partial charge is 0.506 e. The minimum atomic E-state index is -0.214. The molecule has 0 aliphatic heterocycles. The van der Waals surface area contributed by atoms with Gasteiger partial charge >= 0.3 is 0 Å². The van der Waals surface area contributed by atoms with Gasteiger partial charge in [0.2, 0.25) is 5.43 Å². The van der Waals surface area contributed by atoms with E-state index in [1.165, 1.54) is 0 Å². The van der Waals surface area contributed by atoms with Crippen LogP contribution >= 0.6 is 11.6 Å². The molecule has 4 heteroatoms. The second-order valence-corrected chi connectivity index (χ2v) is 4.23. The van der Waals surface area contributed by atoms with Crippen LogP contribution in [-0.4, -0.2) is 10.1 Å². The van der Waals surface area contributed by atoms with Crippen LogP contribution in [0.3, 0.4) is 0 Å². The molecule has 0 spiro atoms. The zero-order valence-electron chi connectivity index (χ0n) is 8.70. The van der Waals surface area contributed by atoms with E-state index in [2.05, 4.69) is 4.98 Å². The molecule has 2 aromatic carbocycles. The SMILES string of the molecule is O=c1c2ccccc2[nH]c2ccc(Cl)c(O)c12. The summed E-state index contributed by atoms with van der Waals surface area (Å²) in [5, 5.41) is 10.8. The summed E-state index contributed by atoms with van der Waals surface area (Å²) >= 11 is 5.81. The van der Waals surface area contributed by atoms with Crippen LogP contribution in [0.15, 0.2) is 41.2 Å². The minimum absolute atomic E-state index is 0.170. The van der Waals surface area contributed by atoms with E-state index in [0.29, 0.717) is 10.9 Å². The highest BCUT2D eigenvalue weighted by Crippen LogP contribution is 2.30. The molecule has 1 aromatic heterocycles. The number of aromatic amines is 1. The molecule has 3 aromatic rings. The summed E-state index contributed by atoms with van der Waals surface area (Å²) in [5.74, 6) is -0.170. The molecule has 0 radical (unpaired) electrons. The van der Waals surface area contributed by atoms with Gasteiger partial charge in [0.25, 0.3) is 0 Å². The molecule has 0 saturated heterocycles. The van der Waals surface area contributed by atoms with Crippen molar-refractivity contribution >= 4 is 33.4 Å². The van der Waals surface area contributed by atoms with Crippen molar-refractivity contribution in [3.05, 3.63) is 51.6 Å². The standard InChI is InChI=1S/C13H8ClNO2/c14-8-5-6-10-11(13(8)17)12(16)7-3-1-2-4-9(7)15-10/h1-6,17H,(H,15,16). The van der Waals surface area contributed by atoms with E-state index in [0.717, 1.165) is 5.52 Å². The van der Waals surface area contributed by atoms with Crippen molar-refractivity contribution < 1.29 is 5.11 Å². The van der Waals surface area contributed by atoms with Gasteiger partial charge in [-0.05, 0) is 24.3 Å². The highest BCUT2D eigenvalue weighted by atomic mass is 35.5. The smallest absolute Gasteiger partial charge is 0.201 e. The lowest BCUT2D eigenvalue weighted by Crippen LogP contribution is -2.04. The number of halogens is 1. The number of aromatic nitrogens is 1. The Kier molecular flexibility index (Phi) is 2.09. The Bertz CT molecular complexity index is 792. The predicted octanol–water partition coefficient (Wildman–Crippen LogP) is 3.04. The number of hydrogen-bond acceptors (Lipinski definition) is 2. The molecule has 3 rings (SSSR count). The Hall–Kier alpha value is -2.00. The molecule has 0 bridgehead atoms. The first kappa shape index (κ1) is 10.2. The van der Waals surface area contributed by atoms with Gasteiger partial charge in [0.1, 0.15) is 5.75 Å². The minimum Gasteiger partial charge on any atom is -0.506 e. The van der Waals surface area contributed by atoms with E-state index in [1.54, 1.807) is 24.3 Å². The monoisotopic (exact) mass is 245 g/mol. The summed E-state index contributed by atoms with van der Waals surface area (Å²) in [6.45, 7) is 0. The maximum absolute atomic E-state index is 12.2. The molecule has 0 fully saturated rings. The van der Waals surface area contributed by atoms with E-state index in [1.807, 2.05) is 12.1 Å². The number of para-hydroxylation sites is 1. The zero-order valence-corrected chi connectivity index (χ0v) is 9.45. The molecule has 0 aliphatic carbocycles. The van der Waals surface area contributed by atoms with Crippen LogP contribution in [0, 0.1) is 0 Å². The summed E-state index contributed by atoms with van der Waals surface area (Å²) in [6, 6.07) is 10.4. The number of fused-ring (bicyclic) bond motifs is 2. The van der Waals surface area contributed by atoms with Crippen molar-refractivity contribution in [2.45, 2.75) is 0 Å². The Morgan fingerprint density at radius 1 is 1.06 bits per heavy atom. The lowest BCUT2D eigenvalue weighted by molar-refractivity contribution is 0.481. The Balaban J connectivity index is 2.66. The van der Waals surface area contributed by atoms with Crippen molar-refractivity contribution in [1.29, 1.82) is 0 Å². The fourth-order valence-electron chi connectivity index (χ4n) is 1.97. The van der Waals surface area contributed by atoms with Gasteiger partial charge in [-0.3, -0.25) is 4.79 Å². The molecule has 0 unspecified atom stereocenters. The van der Waals surface area contributed by atoms with Crippen molar-refractivity contribution in [3.8, 4) is 5.75 Å². The lowest BCUT2D eigenvalue weighted by Gasteiger charge is -2.05. The van der Waals surface area contributed by atoms with E-state index in [-0.39, 0.29) is 21.6 Å². The molecule has 1 heterocycles. The maximum Gasteiger partial charge on any atom is 0.201 e. The fraction of sp³-hybridized carbons (Fsp3) is 0. The van der Waals surface area contributed by atoms with Gasteiger partial charge in [-0.25, -0.2) is 0 Å². The summed E-state index contributed by atoms with van der Waals surface area (Å²) < 4.78 is 0. The average molecular weight is 246 g/mol. The molecule has 0 saturated carbocycles. The van der Waals surface area contributed by atoms with Crippen LogP contribution in [0.2, 0.25) is 5.02 Å². The number of phenolic OH excluding ortho intramolecular Hbond substituents is 1. The van der Waals surface area contributed by atoms with Crippen LogP contribution in [-0.2, 0) is 0 Å². The van der Waals surface area contributed by atoms with Gasteiger partial charge in [-0.1, -0.05) is 23.7 Å². The highest BCUT2D eigenvalue weighted by Gasteiger charge is 2.11. The number of nitrogens with one attached hydrogen (secondary N) is 1. The topological polar surface area (TPSA) is 53.1 Å². The van der Waals surface area contributed by atoms with Crippen LogP contribution in [0.4, 0.5) is 0 Å². The second kappa shape index (κ2) is 3.50. The van der Waals surface area contributed by atoms with Crippen molar-refractivity contribution in [1.82, 2.24) is 4.98 Å². The fourth-order valence-corrected chi connectivity index (χ4v) is 2.13. The van der Waals surface area contributed by atoms with Crippen LogP contribution in [0.25, 0.3) is 21.8 Å². The van der Waals surface area contributed by atoms with E-state index < -0.39 is 0 Å². The number of benzene rings is 2. The van der Waals surface area contributed by atoms with Gasteiger partial charge in [0.15, 0.2) is 0 Å². The van der Waals surface area contributed by atoms with Gasteiger partial charge in [0.05, 0.1) is 15.9 Å². The number of rotatable bonds is 0. The lowest BCUT2D eigenvalue weighted by atomic mass is 10.1. The first-order valence-electron chi connectivity index (χ1n) is 5.10. The number of phenols is 1. The van der Waals surface area contributed by atoms with Crippen LogP contribution in [0.5, 0.6) is 5.75 Å². The maximum atomic E-state index is 12.2. The van der Waals surface area contributed by atoms with E-state index in [4.69, 9.17) is 11.6 Å². The van der Waals surface area contributed by atoms with Gasteiger partial charge in [-0.2, -0.15) is 0 Å². The third-order valence-electron chi connectivity index (χ3n) is 2.80. The summed E-state index contributed by atoms with van der Waals surface area (Å²) in [4.78, 5) is 15.3. The highest BCUT2D eigenvalue weighted by molar-refractivity contribution is 6.33. The van der Waals surface area contributed by atoms with E-state index in [9.17, 15) is 9.90 Å². The molecule has 17 heavy (non-hydrogen) atoms. The average Bonchev–Trinajstić information content (AvgIpc) is 2.34. The Morgan fingerprint density at radius 2 is 1.82 bits per heavy atom. The van der Waals surface area contributed by atoms with Crippen LogP contribution < -0.4 is 5.43 Å². The van der Waals surface area contributed by atoms with Crippen molar-refractivity contribution in [2.24, 2.45) is 0 Å². The van der Waals surface area contributed by atoms with Gasteiger partial charge in [0, 0.05) is 10.9 Å². The van der Waals surface area contributed by atoms with Crippen molar-refractivity contribution in [2.75, 3.05) is 0 Å². The van der Waals surface area contributed by atoms with Gasteiger partial charge < -0.3 is 10.1 Å². The molecule has 3 nitrogen and oxygen atoms in total. The summed E-state index contributed by atoms with van der Waals surface area (Å²) in [5.41, 5.74) is 1.11. The predicted molar refractivity (Wildman–Crippen MR) is 68.7 cm³/mol. The Labute approximate surface area is 101 Å². The number of pyridine rings is 1. The molecular formula is C13H8ClNO2. The second-order valence-electron chi connectivity index (χ2n) is 3.82. The van der Waals surface area contributed by atoms with Gasteiger partial charge in [-0.15, -0.1) is 0 Å². The molecular weight excluding hydrogens is 238 g/mol. The third kappa shape index (κ3) is 1.40. The number of aromatic hydroxyl groups is 1. The quantitative estimate of drug-likeness (QED) is 0.598. The number of hydrogen-bond donors (Lipinski definition) is 2. The molecule has 0 amide bonds. The Morgan fingerprint density at radius 3 is 2.65 bits per heavy atom. The normalized spacial score (nSPS) is 11.1. The molecule has 84 valence electrons. The van der Waals surface area contributed by atoms with Crippen LogP contribution in [0.1, 0.15) is 0 Å². The molecule has 0 aliphatic rings. The first-order chi connectivity index (χ1) is 8.18. The zero-order chi connectivity index (χ0) is 12.0. The molecule has 2 N–H and O–H groups in total. The van der Waals surface area contributed by atoms with E-state index >= 15 is 0 Å². The molecule has 0 atom stereocenters. The van der Waals surface area contributed by atoms with Crippen molar-refractivity contribution in [3.63, 3.8) is 0 Å². The summed E-state index contributed by atoms with van der Waals surface area (Å²) in [7, 11) is 0. The summed E-state index contributed by atoms with van der Waals surface area (Å²) in [6.07, 6.45) is 0.